The fourth-order valence-electron chi connectivity index (χ4n) is 3.25. The Balaban J connectivity index is 1.62. The van der Waals surface area contributed by atoms with Crippen LogP contribution >= 0.6 is 0 Å². The second-order valence-corrected chi connectivity index (χ2v) is 6.95. The lowest BCUT2D eigenvalue weighted by atomic mass is 10.1. The molecular weight excluding hydrogens is 439 g/mol. The van der Waals surface area contributed by atoms with E-state index >= 15 is 0 Å². The van der Waals surface area contributed by atoms with Crippen molar-refractivity contribution in [3.8, 4) is 11.4 Å². The average molecular weight is 455 g/mol. The third-order valence-corrected chi connectivity index (χ3v) is 4.72. The Morgan fingerprint density at radius 1 is 1.09 bits per heavy atom. The van der Waals surface area contributed by atoms with Gasteiger partial charge < -0.3 is 5.11 Å². The van der Waals surface area contributed by atoms with Gasteiger partial charge in [0.25, 0.3) is 11.5 Å². The molecule has 33 heavy (non-hydrogen) atoms. The summed E-state index contributed by atoms with van der Waals surface area (Å²) in [7, 11) is 0. The van der Waals surface area contributed by atoms with E-state index in [4.69, 9.17) is 0 Å². The Kier molecular flexibility index (Phi) is 5.69. The number of carbonyl (C=O) groups excluding carboxylic acids is 1. The normalized spacial score (nSPS) is 11.8. The van der Waals surface area contributed by atoms with Crippen LogP contribution in [0.25, 0.3) is 16.6 Å². The van der Waals surface area contributed by atoms with Crippen LogP contribution < -0.4 is 11.0 Å². The van der Waals surface area contributed by atoms with Crippen LogP contribution in [0.1, 0.15) is 11.3 Å². The molecule has 1 amide bonds. The van der Waals surface area contributed by atoms with Gasteiger partial charge in [-0.05, 0) is 30.3 Å². The molecule has 168 valence electrons. The summed E-state index contributed by atoms with van der Waals surface area (Å²) < 4.78 is 40.1. The predicted molar refractivity (Wildman–Crippen MR) is 114 cm³/mol. The van der Waals surface area contributed by atoms with Crippen LogP contribution in [-0.4, -0.2) is 31.6 Å². The van der Waals surface area contributed by atoms with Crippen LogP contribution in [0.4, 0.5) is 13.2 Å². The molecule has 0 aliphatic heterocycles. The van der Waals surface area contributed by atoms with Crippen molar-refractivity contribution < 1.29 is 23.1 Å². The van der Waals surface area contributed by atoms with Gasteiger partial charge in [-0.3, -0.25) is 18.8 Å². The molecule has 4 aromatic rings. The molecule has 0 aliphatic carbocycles. The van der Waals surface area contributed by atoms with Crippen molar-refractivity contribution in [3.63, 3.8) is 0 Å². The number of nitrogens with zero attached hydrogens (tertiary/aromatic N) is 4. The van der Waals surface area contributed by atoms with E-state index in [9.17, 15) is 27.9 Å². The smallest absolute Gasteiger partial charge is 0.435 e. The summed E-state index contributed by atoms with van der Waals surface area (Å²) in [4.78, 5) is 25.2. The third kappa shape index (κ3) is 4.47. The number of halogens is 3. The van der Waals surface area contributed by atoms with E-state index in [0.717, 1.165) is 23.2 Å². The molecule has 0 radical (unpaired) electrons. The number of nitrogens with one attached hydrogen (secondary N) is 1. The van der Waals surface area contributed by atoms with E-state index in [2.05, 4.69) is 15.6 Å². The zero-order chi connectivity index (χ0) is 23.6. The topological polar surface area (TPSA) is 102 Å². The minimum Gasteiger partial charge on any atom is -0.506 e. The zero-order valence-corrected chi connectivity index (χ0v) is 16.8. The second kappa shape index (κ2) is 8.61. The van der Waals surface area contributed by atoms with Crippen molar-refractivity contribution in [1.82, 2.24) is 19.8 Å². The number of hydrogen-bond acceptors (Lipinski definition) is 5. The SMILES string of the molecule is O=C(Cn1ccc(C(F)(F)F)n1)N/N=C/c1c(O)c2ccccc2n(-c2ccccc2)c1=O. The number of rotatable bonds is 5. The van der Waals surface area contributed by atoms with E-state index in [0.29, 0.717) is 16.6 Å². The van der Waals surface area contributed by atoms with Crippen LogP contribution in [0.2, 0.25) is 0 Å². The van der Waals surface area contributed by atoms with Crippen molar-refractivity contribution >= 4 is 23.0 Å². The summed E-state index contributed by atoms with van der Waals surface area (Å²) in [5, 5.41) is 18.0. The Morgan fingerprint density at radius 3 is 2.48 bits per heavy atom. The number of amides is 1. The lowest BCUT2D eigenvalue weighted by molar-refractivity contribution is -0.141. The van der Waals surface area contributed by atoms with Crippen LogP contribution in [-0.2, 0) is 17.5 Å². The summed E-state index contributed by atoms with van der Waals surface area (Å²) in [6.07, 6.45) is -2.61. The first-order valence-electron chi connectivity index (χ1n) is 9.60. The number of hydrogen-bond donors (Lipinski definition) is 2. The lowest BCUT2D eigenvalue weighted by Gasteiger charge is -2.13. The van der Waals surface area contributed by atoms with Gasteiger partial charge in [0.2, 0.25) is 0 Å². The molecule has 0 saturated heterocycles. The minimum atomic E-state index is -4.62. The summed E-state index contributed by atoms with van der Waals surface area (Å²) in [5.41, 5.74) is 1.30. The van der Waals surface area contributed by atoms with Crippen molar-refractivity contribution in [2.45, 2.75) is 12.7 Å². The summed E-state index contributed by atoms with van der Waals surface area (Å²) >= 11 is 0. The van der Waals surface area contributed by atoms with Gasteiger partial charge in [-0.2, -0.15) is 23.4 Å². The maximum Gasteiger partial charge on any atom is 0.435 e. The second-order valence-electron chi connectivity index (χ2n) is 6.95. The molecule has 0 atom stereocenters. The van der Waals surface area contributed by atoms with Crippen molar-refractivity contribution in [2.75, 3.05) is 0 Å². The first kappa shape index (κ1) is 21.8. The van der Waals surface area contributed by atoms with Gasteiger partial charge in [0.05, 0.1) is 11.7 Å². The highest BCUT2D eigenvalue weighted by Gasteiger charge is 2.33. The summed E-state index contributed by atoms with van der Waals surface area (Å²) in [6, 6.07) is 16.3. The molecule has 0 saturated carbocycles. The summed E-state index contributed by atoms with van der Waals surface area (Å²) in [6.45, 7) is -0.522. The van der Waals surface area contributed by atoms with Crippen molar-refractivity contribution in [2.24, 2.45) is 5.10 Å². The first-order chi connectivity index (χ1) is 15.8. The monoisotopic (exact) mass is 455 g/mol. The standard InChI is InChI=1S/C22H16F3N5O3/c23-22(24,25)18-10-11-29(28-18)13-19(31)27-26-12-16-20(32)15-8-4-5-9-17(15)30(21(16)33)14-6-2-1-3-7-14/h1-12,32H,13H2,(H,27,31)/b26-12+. The molecule has 0 aliphatic rings. The molecule has 0 fully saturated rings. The maximum absolute atomic E-state index is 13.1. The molecule has 8 nitrogen and oxygen atoms in total. The quantitative estimate of drug-likeness (QED) is 0.357. The number of carbonyl (C=O) groups is 1. The summed E-state index contributed by atoms with van der Waals surface area (Å²) in [5.74, 6) is -1.09. The highest BCUT2D eigenvalue weighted by atomic mass is 19.4. The highest BCUT2D eigenvalue weighted by molar-refractivity contribution is 5.96. The van der Waals surface area contributed by atoms with Gasteiger partial charge in [0.15, 0.2) is 5.69 Å². The maximum atomic E-state index is 13.1. The van der Waals surface area contributed by atoms with E-state index in [1.54, 1.807) is 54.6 Å². The van der Waals surface area contributed by atoms with Crippen LogP contribution in [0, 0.1) is 0 Å². The van der Waals surface area contributed by atoms with Gasteiger partial charge in [-0.1, -0.05) is 30.3 Å². The Labute approximate surface area is 184 Å². The molecule has 0 unspecified atom stereocenters. The number of pyridine rings is 1. The molecule has 0 bridgehead atoms. The number of benzene rings is 2. The minimum absolute atomic E-state index is 0.170. The van der Waals surface area contributed by atoms with Crippen molar-refractivity contribution in [3.05, 3.63) is 88.5 Å². The van der Waals surface area contributed by atoms with E-state index in [1.165, 1.54) is 4.57 Å². The molecule has 2 aromatic carbocycles. The Hall–Kier alpha value is -4.41. The average Bonchev–Trinajstić information content (AvgIpc) is 3.26. The largest absolute Gasteiger partial charge is 0.506 e. The van der Waals surface area contributed by atoms with E-state index in [-0.39, 0.29) is 11.3 Å². The third-order valence-electron chi connectivity index (χ3n) is 4.72. The number of fused-ring (bicyclic) bond motifs is 1. The molecule has 0 spiro atoms. The van der Waals surface area contributed by atoms with Gasteiger partial charge in [0, 0.05) is 17.3 Å². The Bertz CT molecular complexity index is 1410. The number of aromatic hydroxyl groups is 1. The predicted octanol–water partition coefficient (Wildman–Crippen LogP) is 3.06. The molecule has 2 N–H and O–H groups in total. The van der Waals surface area contributed by atoms with E-state index < -0.39 is 29.9 Å². The van der Waals surface area contributed by atoms with Gasteiger partial charge in [-0.25, -0.2) is 5.43 Å². The fourth-order valence-corrected chi connectivity index (χ4v) is 3.25. The van der Waals surface area contributed by atoms with Crippen LogP contribution in [0.3, 0.4) is 0 Å². The number of hydrazone groups is 1. The molecule has 2 aromatic heterocycles. The Morgan fingerprint density at radius 2 is 1.79 bits per heavy atom. The zero-order valence-electron chi connectivity index (χ0n) is 16.8. The number of para-hydroxylation sites is 2. The number of alkyl halides is 3. The highest BCUT2D eigenvalue weighted by Crippen LogP contribution is 2.28. The van der Waals surface area contributed by atoms with Crippen LogP contribution in [0.15, 0.2) is 76.8 Å². The van der Waals surface area contributed by atoms with Gasteiger partial charge in [0.1, 0.15) is 17.9 Å². The molecule has 2 heterocycles. The lowest BCUT2D eigenvalue weighted by Crippen LogP contribution is -2.26. The van der Waals surface area contributed by atoms with Crippen LogP contribution in [0.5, 0.6) is 5.75 Å². The fraction of sp³-hybridized carbons (Fsp3) is 0.0909. The van der Waals surface area contributed by atoms with Gasteiger partial charge >= 0.3 is 6.18 Å². The molecule has 11 heteroatoms. The number of aromatic nitrogens is 3. The first-order valence-corrected chi connectivity index (χ1v) is 9.60. The van der Waals surface area contributed by atoms with Gasteiger partial charge in [-0.15, -0.1) is 0 Å². The van der Waals surface area contributed by atoms with Crippen molar-refractivity contribution in [1.29, 1.82) is 0 Å². The van der Waals surface area contributed by atoms with E-state index in [1.807, 2.05) is 0 Å². The molecular formula is C22H16F3N5O3. The molecule has 4 rings (SSSR count).